The van der Waals surface area contributed by atoms with E-state index < -0.39 is 0 Å². The van der Waals surface area contributed by atoms with Crippen molar-refractivity contribution in [2.24, 2.45) is 7.05 Å². The van der Waals surface area contributed by atoms with Crippen molar-refractivity contribution in [3.05, 3.63) is 70.9 Å². The van der Waals surface area contributed by atoms with Crippen LogP contribution in [-0.4, -0.2) is 55.7 Å². The average Bonchev–Trinajstić information content (AvgIpc) is 3.42. The lowest BCUT2D eigenvalue weighted by atomic mass is 10.2. The van der Waals surface area contributed by atoms with Gasteiger partial charge in [-0.3, -0.25) is 9.36 Å². The van der Waals surface area contributed by atoms with Crippen LogP contribution < -0.4 is 10.5 Å². The predicted octanol–water partition coefficient (Wildman–Crippen LogP) is 1.84. The Morgan fingerprint density at radius 3 is 2.68 bits per heavy atom. The first-order valence-electron chi connectivity index (χ1n) is 10.2. The van der Waals surface area contributed by atoms with Crippen molar-refractivity contribution in [3.8, 4) is 11.4 Å². The van der Waals surface area contributed by atoms with E-state index in [1.54, 1.807) is 28.8 Å². The molecule has 3 aromatic rings. The summed E-state index contributed by atoms with van der Waals surface area (Å²) in [5.41, 5.74) is 1.93. The molecule has 2 bridgehead atoms. The Bertz CT molecular complexity index is 1150. The molecule has 1 unspecified atom stereocenters. The Morgan fingerprint density at radius 1 is 1.13 bits per heavy atom. The maximum Gasteiger partial charge on any atom is 0.410 e. The van der Waals surface area contributed by atoms with E-state index in [0.717, 1.165) is 12.0 Å². The van der Waals surface area contributed by atoms with Crippen molar-refractivity contribution in [3.63, 3.8) is 0 Å². The normalized spacial score (nSPS) is 19.6. The van der Waals surface area contributed by atoms with Crippen LogP contribution in [0.3, 0.4) is 0 Å². The van der Waals surface area contributed by atoms with Gasteiger partial charge in [-0.2, -0.15) is 0 Å². The minimum Gasteiger partial charge on any atom is -0.445 e. The van der Waals surface area contributed by atoms with E-state index in [-0.39, 0.29) is 30.3 Å². The molecule has 0 aliphatic carbocycles. The summed E-state index contributed by atoms with van der Waals surface area (Å²) < 4.78 is 7.05. The Morgan fingerprint density at radius 2 is 1.97 bits per heavy atom. The molecule has 5 rings (SSSR count). The highest BCUT2D eigenvalue weighted by molar-refractivity contribution is 5.70. The number of carbonyl (C=O) groups excluding carboxylic acids is 1. The molecule has 9 nitrogen and oxygen atoms in total. The summed E-state index contributed by atoms with van der Waals surface area (Å²) in [7, 11) is 1.71. The van der Waals surface area contributed by atoms with Crippen molar-refractivity contribution in [1.29, 1.82) is 0 Å². The summed E-state index contributed by atoms with van der Waals surface area (Å²) in [4.78, 5) is 41.9. The van der Waals surface area contributed by atoms with Crippen LogP contribution in [0, 0.1) is 0 Å². The number of carbonyl (C=O) groups is 1. The first-order chi connectivity index (χ1) is 15.1. The lowest BCUT2D eigenvalue weighted by molar-refractivity contribution is 0.0897. The Kier molecular flexibility index (Phi) is 4.85. The van der Waals surface area contributed by atoms with E-state index in [2.05, 4.69) is 14.9 Å². The third-order valence-corrected chi connectivity index (χ3v) is 5.89. The van der Waals surface area contributed by atoms with Gasteiger partial charge in [-0.15, -0.1) is 0 Å². The third-order valence-electron chi connectivity index (χ3n) is 5.89. The molecule has 0 saturated carbocycles. The van der Waals surface area contributed by atoms with Crippen LogP contribution in [0.4, 0.5) is 10.7 Å². The highest BCUT2D eigenvalue weighted by atomic mass is 16.6. The molecule has 2 fully saturated rings. The van der Waals surface area contributed by atoms with Crippen LogP contribution >= 0.6 is 0 Å². The van der Waals surface area contributed by atoms with Crippen LogP contribution in [0.1, 0.15) is 12.0 Å². The van der Waals surface area contributed by atoms with E-state index in [0.29, 0.717) is 30.4 Å². The van der Waals surface area contributed by atoms with Crippen LogP contribution in [0.25, 0.3) is 11.4 Å². The highest BCUT2D eigenvalue weighted by Crippen LogP contribution is 2.34. The Hall–Kier alpha value is -3.75. The van der Waals surface area contributed by atoms with Gasteiger partial charge in [-0.25, -0.2) is 19.7 Å². The molecule has 2 aliphatic heterocycles. The summed E-state index contributed by atoms with van der Waals surface area (Å²) >= 11 is 0. The minimum absolute atomic E-state index is 0.0351. The van der Waals surface area contributed by atoms with Crippen molar-refractivity contribution >= 4 is 12.0 Å². The summed E-state index contributed by atoms with van der Waals surface area (Å²) in [5.74, 6) is 0.589. The number of hydrogen-bond donors (Lipinski definition) is 0. The second-order valence-electron chi connectivity index (χ2n) is 7.82. The molecule has 2 saturated heterocycles. The number of ether oxygens (including phenoxy) is 1. The van der Waals surface area contributed by atoms with Gasteiger partial charge >= 0.3 is 6.09 Å². The number of amides is 1. The number of anilines is 1. The maximum atomic E-state index is 12.6. The van der Waals surface area contributed by atoms with Gasteiger partial charge in [0.15, 0.2) is 0 Å². The first-order valence-corrected chi connectivity index (χ1v) is 10.2. The Balaban J connectivity index is 1.31. The SMILES string of the molecule is Cn1c(N2C[C@@H]3CC2CN3C(=O)OCc2ccccc2)nc(-c2ccncn2)cc1=O. The largest absolute Gasteiger partial charge is 0.445 e. The number of fused-ring (bicyclic) bond motifs is 2. The van der Waals surface area contributed by atoms with Crippen LogP contribution in [-0.2, 0) is 18.4 Å². The first kappa shape index (κ1) is 19.2. The van der Waals surface area contributed by atoms with Crippen LogP contribution in [0.15, 0.2) is 59.8 Å². The molecule has 0 radical (unpaired) electrons. The Labute approximate surface area is 178 Å². The molecular formula is C22H22N6O3. The van der Waals surface area contributed by atoms with Crippen molar-refractivity contribution in [2.75, 3.05) is 18.0 Å². The summed E-state index contributed by atoms with van der Waals surface area (Å²) in [6.45, 7) is 1.42. The van der Waals surface area contributed by atoms with Gasteiger partial charge in [-0.05, 0) is 18.1 Å². The lowest BCUT2D eigenvalue weighted by Crippen LogP contribution is -2.50. The molecule has 2 aliphatic rings. The van der Waals surface area contributed by atoms with Crippen molar-refractivity contribution < 1.29 is 9.53 Å². The number of benzene rings is 1. The fourth-order valence-electron chi connectivity index (χ4n) is 4.30. The van der Waals surface area contributed by atoms with Crippen LogP contribution in [0.5, 0.6) is 0 Å². The second kappa shape index (κ2) is 7.82. The number of hydrogen-bond acceptors (Lipinski definition) is 7. The van der Waals surface area contributed by atoms with Gasteiger partial charge in [-0.1, -0.05) is 30.3 Å². The van der Waals surface area contributed by atoms with Gasteiger partial charge in [0.05, 0.1) is 23.5 Å². The molecule has 2 atom stereocenters. The number of piperazine rings is 1. The van der Waals surface area contributed by atoms with E-state index in [1.165, 1.54) is 12.4 Å². The topological polar surface area (TPSA) is 93.4 Å². The molecule has 1 aromatic carbocycles. The van der Waals surface area contributed by atoms with Crippen LogP contribution in [0.2, 0.25) is 0 Å². The fourth-order valence-corrected chi connectivity index (χ4v) is 4.30. The standard InChI is InChI=1S/C22H22N6O3/c1-26-20(29)10-19(18-7-8-23-14-24-18)25-21(26)27-11-17-9-16(27)12-28(17)22(30)31-13-15-5-3-2-4-6-15/h2-8,10,14,16-17H,9,11-13H2,1H3/t16?,17-/m0/s1. The highest BCUT2D eigenvalue weighted by Gasteiger charge is 2.47. The zero-order chi connectivity index (χ0) is 21.4. The molecule has 2 aromatic heterocycles. The zero-order valence-corrected chi connectivity index (χ0v) is 17.1. The number of likely N-dealkylation sites (tertiary alicyclic amines) is 1. The summed E-state index contributed by atoms with van der Waals surface area (Å²) in [5, 5.41) is 0. The molecule has 0 N–H and O–H groups in total. The molecule has 9 heteroatoms. The van der Waals surface area contributed by atoms with Gasteiger partial charge in [0.2, 0.25) is 5.95 Å². The number of nitrogens with zero attached hydrogens (tertiary/aromatic N) is 6. The minimum atomic E-state index is -0.299. The summed E-state index contributed by atoms with van der Waals surface area (Å²) in [6, 6.07) is 13.0. The molecule has 1 amide bonds. The van der Waals surface area contributed by atoms with E-state index in [9.17, 15) is 9.59 Å². The smallest absolute Gasteiger partial charge is 0.410 e. The van der Waals surface area contributed by atoms with E-state index in [1.807, 2.05) is 30.3 Å². The molecule has 158 valence electrons. The van der Waals surface area contributed by atoms with E-state index in [4.69, 9.17) is 9.72 Å². The molecular weight excluding hydrogens is 396 g/mol. The molecule has 4 heterocycles. The second-order valence-corrected chi connectivity index (χ2v) is 7.82. The van der Waals surface area contributed by atoms with E-state index >= 15 is 0 Å². The number of aromatic nitrogens is 4. The van der Waals surface area contributed by atoms with Crippen molar-refractivity contribution in [2.45, 2.75) is 25.1 Å². The lowest BCUT2D eigenvalue weighted by Gasteiger charge is -2.34. The van der Waals surface area contributed by atoms with Gasteiger partial charge in [0.25, 0.3) is 5.56 Å². The summed E-state index contributed by atoms with van der Waals surface area (Å²) in [6.07, 6.45) is 3.59. The molecule has 0 spiro atoms. The predicted molar refractivity (Wildman–Crippen MR) is 113 cm³/mol. The fraction of sp³-hybridized carbons (Fsp3) is 0.318. The molecule has 31 heavy (non-hydrogen) atoms. The average molecular weight is 418 g/mol. The maximum absolute atomic E-state index is 12.6. The number of rotatable bonds is 4. The van der Waals surface area contributed by atoms with Crippen molar-refractivity contribution in [1.82, 2.24) is 24.4 Å². The quantitative estimate of drug-likeness (QED) is 0.638. The van der Waals surface area contributed by atoms with Gasteiger partial charge in [0, 0.05) is 32.4 Å². The monoisotopic (exact) mass is 418 g/mol. The third kappa shape index (κ3) is 3.63. The van der Waals surface area contributed by atoms with Gasteiger partial charge < -0.3 is 14.5 Å². The zero-order valence-electron chi connectivity index (χ0n) is 17.1. The van der Waals surface area contributed by atoms with Gasteiger partial charge in [0.1, 0.15) is 12.9 Å².